The highest BCUT2D eigenvalue weighted by atomic mass is 19.1. The molecule has 5 heteroatoms. The molecule has 2 aromatic rings. The molecule has 1 aliphatic carbocycles. The van der Waals surface area contributed by atoms with E-state index >= 15 is 0 Å². The van der Waals surface area contributed by atoms with Gasteiger partial charge in [-0.2, -0.15) is 0 Å². The van der Waals surface area contributed by atoms with Crippen LogP contribution in [0.15, 0.2) is 30.5 Å². The van der Waals surface area contributed by atoms with Crippen molar-refractivity contribution in [3.63, 3.8) is 0 Å². The maximum atomic E-state index is 13.8. The molecule has 3 rings (SSSR count). The molecule has 0 radical (unpaired) electrons. The maximum Gasteiger partial charge on any atom is 0.256 e. The number of fused-ring (bicyclic) bond motifs is 1. The summed E-state index contributed by atoms with van der Waals surface area (Å²) in [6, 6.07) is 6.02. The Hall–Kier alpha value is -2.01. The number of halogens is 1. The summed E-state index contributed by atoms with van der Waals surface area (Å²) in [5.74, 6) is -0.777. The van der Waals surface area contributed by atoms with Gasteiger partial charge in [-0.1, -0.05) is 18.9 Å². The third-order valence-corrected chi connectivity index (χ3v) is 4.31. The lowest BCUT2D eigenvalue weighted by Gasteiger charge is -2.28. The van der Waals surface area contributed by atoms with Crippen molar-refractivity contribution in [2.24, 2.45) is 0 Å². The molecule has 1 aromatic heterocycles. The van der Waals surface area contributed by atoms with Crippen molar-refractivity contribution in [1.29, 1.82) is 0 Å². The fourth-order valence-electron chi connectivity index (χ4n) is 3.23. The van der Waals surface area contributed by atoms with E-state index < -0.39 is 11.4 Å². The van der Waals surface area contributed by atoms with Crippen LogP contribution in [0.25, 0.3) is 10.9 Å². The molecule has 1 saturated carbocycles. The summed E-state index contributed by atoms with van der Waals surface area (Å²) in [5, 5.41) is 11.0. The van der Waals surface area contributed by atoms with Crippen LogP contribution in [0.3, 0.4) is 0 Å². The summed E-state index contributed by atoms with van der Waals surface area (Å²) < 4.78 is 13.8. The predicted molar refractivity (Wildman–Crippen MR) is 82.1 cm³/mol. The lowest BCUT2D eigenvalue weighted by Crippen LogP contribution is -2.42. The number of hydrogen-bond acceptors (Lipinski definition) is 3. The second-order valence-electron chi connectivity index (χ2n) is 6.12. The van der Waals surface area contributed by atoms with Gasteiger partial charge in [0.1, 0.15) is 5.82 Å². The number of hydrogen-bond donors (Lipinski definition) is 1. The Morgan fingerprint density at radius 3 is 2.86 bits per heavy atom. The van der Waals surface area contributed by atoms with Gasteiger partial charge in [0.2, 0.25) is 0 Å². The summed E-state index contributed by atoms with van der Waals surface area (Å²) in [6.45, 7) is 0.261. The lowest BCUT2D eigenvalue weighted by atomic mass is 10.0. The summed E-state index contributed by atoms with van der Waals surface area (Å²) in [4.78, 5) is 18.3. The smallest absolute Gasteiger partial charge is 0.256 e. The second kappa shape index (κ2) is 5.65. The summed E-state index contributed by atoms with van der Waals surface area (Å²) >= 11 is 0. The van der Waals surface area contributed by atoms with Crippen molar-refractivity contribution >= 4 is 16.8 Å². The number of likely N-dealkylation sites (N-methyl/N-ethyl adjacent to an activating group) is 1. The molecule has 22 heavy (non-hydrogen) atoms. The minimum atomic E-state index is -0.818. The number of carbonyl (C=O) groups is 1. The SMILES string of the molecule is CN(CC1(O)CCCC1)C(=O)c1cc(F)cc2cccnc12. The zero-order valence-electron chi connectivity index (χ0n) is 12.6. The van der Waals surface area contributed by atoms with E-state index in [1.807, 2.05) is 0 Å². The molecule has 116 valence electrons. The van der Waals surface area contributed by atoms with E-state index in [0.717, 1.165) is 12.8 Å². The zero-order valence-corrected chi connectivity index (χ0v) is 12.6. The summed E-state index contributed by atoms with van der Waals surface area (Å²) in [5.41, 5.74) is -0.0973. The number of carbonyl (C=O) groups excluding carboxylic acids is 1. The number of amides is 1. The van der Waals surface area contributed by atoms with Crippen molar-refractivity contribution in [2.45, 2.75) is 31.3 Å². The largest absolute Gasteiger partial charge is 0.388 e. The predicted octanol–water partition coefficient (Wildman–Crippen LogP) is 2.75. The van der Waals surface area contributed by atoms with E-state index in [2.05, 4.69) is 4.98 Å². The van der Waals surface area contributed by atoms with Crippen LogP contribution in [-0.2, 0) is 0 Å². The van der Waals surface area contributed by atoms with Crippen LogP contribution in [0.5, 0.6) is 0 Å². The first-order valence-electron chi connectivity index (χ1n) is 7.51. The Balaban J connectivity index is 1.91. The van der Waals surface area contributed by atoms with Crippen molar-refractivity contribution in [3.05, 3.63) is 41.8 Å². The monoisotopic (exact) mass is 302 g/mol. The molecule has 0 spiro atoms. The second-order valence-corrected chi connectivity index (χ2v) is 6.12. The van der Waals surface area contributed by atoms with Crippen LogP contribution in [0, 0.1) is 5.82 Å². The highest BCUT2D eigenvalue weighted by Crippen LogP contribution is 2.30. The third kappa shape index (κ3) is 2.81. The average molecular weight is 302 g/mol. The van der Waals surface area contributed by atoms with E-state index in [1.54, 1.807) is 25.4 Å². The van der Waals surface area contributed by atoms with Gasteiger partial charge < -0.3 is 10.0 Å². The first-order chi connectivity index (χ1) is 10.5. The molecule has 1 N–H and O–H groups in total. The molecule has 1 aliphatic rings. The molecule has 1 amide bonds. The average Bonchev–Trinajstić information content (AvgIpc) is 2.91. The lowest BCUT2D eigenvalue weighted by molar-refractivity contribution is 0.0157. The van der Waals surface area contributed by atoms with Crippen LogP contribution < -0.4 is 0 Å². The van der Waals surface area contributed by atoms with Gasteiger partial charge in [0.05, 0.1) is 16.7 Å². The van der Waals surface area contributed by atoms with Crippen molar-refractivity contribution < 1.29 is 14.3 Å². The Morgan fingerprint density at radius 2 is 2.14 bits per heavy atom. The molecule has 0 bridgehead atoms. The number of nitrogens with zero attached hydrogens (tertiary/aromatic N) is 2. The van der Waals surface area contributed by atoms with Crippen molar-refractivity contribution in [2.75, 3.05) is 13.6 Å². The van der Waals surface area contributed by atoms with Gasteiger partial charge in [-0.3, -0.25) is 9.78 Å². The molecular weight excluding hydrogens is 283 g/mol. The van der Waals surface area contributed by atoms with Gasteiger partial charge >= 0.3 is 0 Å². The molecule has 1 aromatic carbocycles. The molecule has 1 heterocycles. The van der Waals surface area contributed by atoms with E-state index in [9.17, 15) is 14.3 Å². The van der Waals surface area contributed by atoms with Gasteiger partial charge in [0, 0.05) is 25.2 Å². The normalized spacial score (nSPS) is 16.9. The Labute approximate surface area is 128 Å². The minimum absolute atomic E-state index is 0.236. The van der Waals surface area contributed by atoms with E-state index in [0.29, 0.717) is 23.7 Å². The number of pyridine rings is 1. The number of benzene rings is 1. The fourth-order valence-corrected chi connectivity index (χ4v) is 3.23. The van der Waals surface area contributed by atoms with Crippen LogP contribution in [0.1, 0.15) is 36.0 Å². The molecule has 1 fully saturated rings. The van der Waals surface area contributed by atoms with Gasteiger partial charge in [-0.25, -0.2) is 4.39 Å². The first-order valence-corrected chi connectivity index (χ1v) is 7.51. The van der Waals surface area contributed by atoms with Crippen molar-refractivity contribution in [1.82, 2.24) is 9.88 Å². The Kier molecular flexibility index (Phi) is 3.83. The van der Waals surface area contributed by atoms with Gasteiger partial charge in [-0.15, -0.1) is 0 Å². The van der Waals surface area contributed by atoms with E-state index in [4.69, 9.17) is 0 Å². The zero-order chi connectivity index (χ0) is 15.7. The molecule has 0 unspecified atom stereocenters. The summed E-state index contributed by atoms with van der Waals surface area (Å²) in [6.07, 6.45) is 4.94. The van der Waals surface area contributed by atoms with Crippen LogP contribution in [0.4, 0.5) is 4.39 Å². The van der Waals surface area contributed by atoms with Crippen LogP contribution >= 0.6 is 0 Å². The van der Waals surface area contributed by atoms with Gasteiger partial charge in [0.15, 0.2) is 0 Å². The highest BCUT2D eigenvalue weighted by Gasteiger charge is 2.34. The first kappa shape index (κ1) is 14.9. The maximum absolute atomic E-state index is 13.8. The van der Waals surface area contributed by atoms with Gasteiger partial charge in [-0.05, 0) is 31.0 Å². The molecule has 0 aliphatic heterocycles. The van der Waals surface area contributed by atoms with E-state index in [-0.39, 0.29) is 18.0 Å². The minimum Gasteiger partial charge on any atom is -0.388 e. The Bertz CT molecular complexity index is 711. The fraction of sp³-hybridized carbons (Fsp3) is 0.412. The van der Waals surface area contributed by atoms with Crippen LogP contribution in [0.2, 0.25) is 0 Å². The van der Waals surface area contributed by atoms with Crippen LogP contribution in [-0.4, -0.2) is 40.1 Å². The molecular formula is C17H19FN2O2. The highest BCUT2D eigenvalue weighted by molar-refractivity contribution is 6.05. The third-order valence-electron chi connectivity index (χ3n) is 4.31. The van der Waals surface area contributed by atoms with E-state index in [1.165, 1.54) is 17.0 Å². The standard InChI is InChI=1S/C17H19FN2O2/c1-20(11-17(22)6-2-3-7-17)16(21)14-10-13(18)9-12-5-4-8-19-15(12)14/h4-5,8-10,22H,2-3,6-7,11H2,1H3. The molecule has 0 saturated heterocycles. The molecule has 4 nitrogen and oxygen atoms in total. The number of aliphatic hydroxyl groups is 1. The topological polar surface area (TPSA) is 53.4 Å². The summed E-state index contributed by atoms with van der Waals surface area (Å²) in [7, 11) is 1.64. The van der Waals surface area contributed by atoms with Crippen molar-refractivity contribution in [3.8, 4) is 0 Å². The number of aromatic nitrogens is 1. The Morgan fingerprint density at radius 1 is 1.41 bits per heavy atom. The quantitative estimate of drug-likeness (QED) is 0.948. The number of rotatable bonds is 3. The molecule has 0 atom stereocenters. The van der Waals surface area contributed by atoms with Gasteiger partial charge in [0.25, 0.3) is 5.91 Å².